The van der Waals surface area contributed by atoms with Gasteiger partial charge in [-0.25, -0.2) is 0 Å². The summed E-state index contributed by atoms with van der Waals surface area (Å²) < 4.78 is 0. The summed E-state index contributed by atoms with van der Waals surface area (Å²) in [6.07, 6.45) is 2.51. The van der Waals surface area contributed by atoms with Crippen molar-refractivity contribution < 1.29 is 0 Å². The Morgan fingerprint density at radius 3 is 2.43 bits per heavy atom. The SMILES string of the molecule is CCC1(C)CCN(C(=NC)NCC(C)(C)CN(C)C)C1.I. The molecule has 1 fully saturated rings. The highest BCUT2D eigenvalue weighted by atomic mass is 127. The van der Waals surface area contributed by atoms with Gasteiger partial charge in [-0.2, -0.15) is 0 Å². The predicted molar refractivity (Wildman–Crippen MR) is 104 cm³/mol. The van der Waals surface area contributed by atoms with Crippen LogP contribution in [0, 0.1) is 10.8 Å². The lowest BCUT2D eigenvalue weighted by atomic mass is 9.87. The van der Waals surface area contributed by atoms with Crippen molar-refractivity contribution in [1.29, 1.82) is 0 Å². The fourth-order valence-corrected chi connectivity index (χ4v) is 3.06. The summed E-state index contributed by atoms with van der Waals surface area (Å²) in [6.45, 7) is 13.5. The molecular formula is C16H35IN4. The van der Waals surface area contributed by atoms with Crippen molar-refractivity contribution in [2.75, 3.05) is 47.3 Å². The van der Waals surface area contributed by atoms with Gasteiger partial charge >= 0.3 is 0 Å². The summed E-state index contributed by atoms with van der Waals surface area (Å²) in [5.74, 6) is 1.06. The molecule has 21 heavy (non-hydrogen) atoms. The minimum Gasteiger partial charge on any atom is -0.356 e. The monoisotopic (exact) mass is 410 g/mol. The first-order valence-corrected chi connectivity index (χ1v) is 7.82. The molecule has 4 nitrogen and oxygen atoms in total. The molecule has 1 unspecified atom stereocenters. The maximum atomic E-state index is 4.47. The number of nitrogens with zero attached hydrogens (tertiary/aromatic N) is 3. The molecule has 1 saturated heterocycles. The van der Waals surface area contributed by atoms with Gasteiger partial charge in [-0.3, -0.25) is 4.99 Å². The zero-order valence-electron chi connectivity index (χ0n) is 15.0. The van der Waals surface area contributed by atoms with Crippen molar-refractivity contribution in [2.24, 2.45) is 15.8 Å². The van der Waals surface area contributed by atoms with Gasteiger partial charge in [0, 0.05) is 33.2 Å². The van der Waals surface area contributed by atoms with Gasteiger partial charge in [0.05, 0.1) is 0 Å². The molecular weight excluding hydrogens is 375 g/mol. The number of guanidine groups is 1. The van der Waals surface area contributed by atoms with Gasteiger partial charge < -0.3 is 15.1 Å². The summed E-state index contributed by atoms with van der Waals surface area (Å²) in [6, 6.07) is 0. The first kappa shape index (κ1) is 21.0. The number of aliphatic imine (C=N–C) groups is 1. The van der Waals surface area contributed by atoms with Crippen LogP contribution < -0.4 is 5.32 Å². The zero-order valence-corrected chi connectivity index (χ0v) is 17.3. The van der Waals surface area contributed by atoms with E-state index >= 15 is 0 Å². The maximum Gasteiger partial charge on any atom is 0.193 e. The van der Waals surface area contributed by atoms with E-state index in [1.165, 1.54) is 12.8 Å². The van der Waals surface area contributed by atoms with E-state index in [-0.39, 0.29) is 29.4 Å². The van der Waals surface area contributed by atoms with Gasteiger partial charge in [0.15, 0.2) is 5.96 Å². The van der Waals surface area contributed by atoms with Crippen molar-refractivity contribution >= 4 is 29.9 Å². The Bertz CT molecular complexity index is 341. The van der Waals surface area contributed by atoms with Crippen LogP contribution in [0.15, 0.2) is 4.99 Å². The van der Waals surface area contributed by atoms with Crippen molar-refractivity contribution in [1.82, 2.24) is 15.1 Å². The Morgan fingerprint density at radius 2 is 2.00 bits per heavy atom. The van der Waals surface area contributed by atoms with Gasteiger partial charge in [0.25, 0.3) is 0 Å². The molecule has 126 valence electrons. The fraction of sp³-hybridized carbons (Fsp3) is 0.938. The minimum atomic E-state index is 0. The van der Waals surface area contributed by atoms with E-state index in [4.69, 9.17) is 0 Å². The average molecular weight is 410 g/mol. The van der Waals surface area contributed by atoms with Crippen LogP contribution in [0.3, 0.4) is 0 Å². The van der Waals surface area contributed by atoms with Crippen LogP contribution in [0.2, 0.25) is 0 Å². The van der Waals surface area contributed by atoms with Gasteiger partial charge in [0.2, 0.25) is 0 Å². The lowest BCUT2D eigenvalue weighted by molar-refractivity contribution is 0.238. The molecule has 0 aromatic rings. The smallest absolute Gasteiger partial charge is 0.193 e. The van der Waals surface area contributed by atoms with E-state index < -0.39 is 0 Å². The van der Waals surface area contributed by atoms with Gasteiger partial charge in [-0.1, -0.05) is 27.7 Å². The zero-order chi connectivity index (χ0) is 15.4. The van der Waals surface area contributed by atoms with Crippen molar-refractivity contribution in [3.63, 3.8) is 0 Å². The molecule has 1 aliphatic rings. The molecule has 0 aliphatic carbocycles. The topological polar surface area (TPSA) is 30.9 Å². The highest BCUT2D eigenvalue weighted by Gasteiger charge is 2.33. The molecule has 1 rings (SSSR count). The van der Waals surface area contributed by atoms with Gasteiger partial charge in [-0.05, 0) is 37.8 Å². The number of hydrogen-bond donors (Lipinski definition) is 1. The summed E-state index contributed by atoms with van der Waals surface area (Å²) in [5.41, 5.74) is 0.698. The van der Waals surface area contributed by atoms with E-state index in [9.17, 15) is 0 Å². The fourth-order valence-electron chi connectivity index (χ4n) is 3.06. The molecule has 0 amide bonds. The lowest BCUT2D eigenvalue weighted by Crippen LogP contribution is -2.46. The molecule has 1 aliphatic heterocycles. The van der Waals surface area contributed by atoms with Crippen LogP contribution in [0.1, 0.15) is 40.5 Å². The lowest BCUT2D eigenvalue weighted by Gasteiger charge is -2.31. The van der Waals surface area contributed by atoms with Gasteiger partial charge in [-0.15, -0.1) is 24.0 Å². The molecule has 0 bridgehead atoms. The second-order valence-electron chi connectivity index (χ2n) is 7.64. The van der Waals surface area contributed by atoms with E-state index in [2.05, 4.69) is 61.9 Å². The normalized spacial score (nSPS) is 23.4. The number of hydrogen-bond acceptors (Lipinski definition) is 2. The number of nitrogens with one attached hydrogen (secondary N) is 1. The number of halogens is 1. The molecule has 1 N–H and O–H groups in total. The summed E-state index contributed by atoms with van der Waals surface area (Å²) >= 11 is 0. The standard InChI is InChI=1S/C16H34N4.HI/c1-8-16(4)9-10-20(13-16)14(17-5)18-11-15(2,3)12-19(6)7;/h8-13H2,1-7H3,(H,17,18);1H. The Labute approximate surface area is 148 Å². The Hall–Kier alpha value is -0.0400. The van der Waals surface area contributed by atoms with Gasteiger partial charge in [0.1, 0.15) is 0 Å². The van der Waals surface area contributed by atoms with Crippen molar-refractivity contribution in [3.05, 3.63) is 0 Å². The molecule has 0 aromatic heterocycles. The average Bonchev–Trinajstić information content (AvgIpc) is 2.72. The first-order chi connectivity index (χ1) is 9.21. The second kappa shape index (κ2) is 8.56. The number of likely N-dealkylation sites (tertiary alicyclic amines) is 1. The molecule has 1 heterocycles. The van der Waals surface area contributed by atoms with Crippen LogP contribution in [-0.2, 0) is 0 Å². The third-order valence-corrected chi connectivity index (χ3v) is 4.39. The molecule has 0 radical (unpaired) electrons. The molecule has 1 atom stereocenters. The van der Waals surface area contributed by atoms with Crippen LogP contribution in [0.5, 0.6) is 0 Å². The van der Waals surface area contributed by atoms with Crippen LogP contribution in [-0.4, -0.2) is 63.1 Å². The number of rotatable bonds is 5. The largest absolute Gasteiger partial charge is 0.356 e. The Balaban J connectivity index is 0.00000400. The quantitative estimate of drug-likeness (QED) is 0.430. The summed E-state index contributed by atoms with van der Waals surface area (Å²) in [5, 5.41) is 3.57. The van der Waals surface area contributed by atoms with Crippen LogP contribution >= 0.6 is 24.0 Å². The molecule has 0 spiro atoms. The molecule has 0 aromatic carbocycles. The molecule has 0 saturated carbocycles. The van der Waals surface area contributed by atoms with E-state index in [1.54, 1.807) is 0 Å². The van der Waals surface area contributed by atoms with E-state index in [0.717, 1.165) is 32.1 Å². The maximum absolute atomic E-state index is 4.47. The highest BCUT2D eigenvalue weighted by Crippen LogP contribution is 2.32. The first-order valence-electron chi connectivity index (χ1n) is 7.82. The van der Waals surface area contributed by atoms with E-state index in [0.29, 0.717) is 5.41 Å². The highest BCUT2D eigenvalue weighted by molar-refractivity contribution is 14.0. The predicted octanol–water partition coefficient (Wildman–Crippen LogP) is 2.89. The van der Waals surface area contributed by atoms with Crippen molar-refractivity contribution in [3.8, 4) is 0 Å². The summed E-state index contributed by atoms with van der Waals surface area (Å²) in [4.78, 5) is 9.13. The second-order valence-corrected chi connectivity index (χ2v) is 7.64. The Kier molecular flexibility index (Phi) is 8.54. The van der Waals surface area contributed by atoms with Crippen LogP contribution in [0.4, 0.5) is 0 Å². The van der Waals surface area contributed by atoms with Crippen molar-refractivity contribution in [2.45, 2.75) is 40.5 Å². The Morgan fingerprint density at radius 1 is 1.38 bits per heavy atom. The third-order valence-electron chi connectivity index (χ3n) is 4.39. The van der Waals surface area contributed by atoms with Crippen LogP contribution in [0.25, 0.3) is 0 Å². The minimum absolute atomic E-state index is 0. The summed E-state index contributed by atoms with van der Waals surface area (Å²) in [7, 11) is 6.15. The van der Waals surface area contributed by atoms with E-state index in [1.807, 2.05) is 7.05 Å². The third kappa shape index (κ3) is 6.72. The molecule has 5 heteroatoms.